The quantitative estimate of drug-likeness (QED) is 0.798. The van der Waals surface area contributed by atoms with Crippen LogP contribution in [0.4, 0.5) is 0 Å². The molecule has 16 heavy (non-hydrogen) atoms. The lowest BCUT2D eigenvalue weighted by Gasteiger charge is -2.38. The van der Waals surface area contributed by atoms with Gasteiger partial charge >= 0.3 is 0 Å². The van der Waals surface area contributed by atoms with Crippen molar-refractivity contribution < 1.29 is 0 Å². The van der Waals surface area contributed by atoms with Crippen molar-refractivity contribution in [2.75, 3.05) is 13.1 Å². The van der Waals surface area contributed by atoms with Crippen molar-refractivity contribution in [3.05, 3.63) is 0 Å². The summed E-state index contributed by atoms with van der Waals surface area (Å²) in [5.74, 6) is 0. The van der Waals surface area contributed by atoms with Gasteiger partial charge in [0.15, 0.2) is 0 Å². The number of nitrogens with two attached hydrogens (primary N) is 1. The van der Waals surface area contributed by atoms with Crippen LogP contribution in [0.1, 0.15) is 59.8 Å². The summed E-state index contributed by atoms with van der Waals surface area (Å²) in [4.78, 5) is 2.69. The van der Waals surface area contributed by atoms with E-state index in [2.05, 4.69) is 32.6 Å². The average molecular weight is 226 g/mol. The van der Waals surface area contributed by atoms with Crippen LogP contribution in [0.5, 0.6) is 0 Å². The minimum atomic E-state index is 0.234. The standard InChI is InChI=1S/C14H30N2/c1-5-13-9-7-6-8-10-16(13)11-14(3,4)12(2)15/h12-13H,5-11,15H2,1-4H3. The Morgan fingerprint density at radius 2 is 2.00 bits per heavy atom. The molecule has 0 amide bonds. The molecule has 1 heterocycles. The van der Waals surface area contributed by atoms with Gasteiger partial charge in [-0.15, -0.1) is 0 Å². The number of hydrogen-bond donors (Lipinski definition) is 1. The normalized spacial score (nSPS) is 26.4. The summed E-state index contributed by atoms with van der Waals surface area (Å²) < 4.78 is 0. The predicted molar refractivity (Wildman–Crippen MR) is 71.6 cm³/mol. The van der Waals surface area contributed by atoms with Crippen LogP contribution in [0.15, 0.2) is 0 Å². The maximum absolute atomic E-state index is 6.09. The van der Waals surface area contributed by atoms with Gasteiger partial charge in [0.1, 0.15) is 0 Å². The molecule has 0 aromatic rings. The fraction of sp³-hybridized carbons (Fsp3) is 1.00. The highest BCUT2D eigenvalue weighted by atomic mass is 15.2. The predicted octanol–water partition coefficient (Wildman–Crippen LogP) is 3.01. The summed E-state index contributed by atoms with van der Waals surface area (Å²) in [7, 11) is 0. The molecule has 0 aromatic carbocycles. The second kappa shape index (κ2) is 6.02. The lowest BCUT2D eigenvalue weighted by molar-refractivity contribution is 0.114. The van der Waals surface area contributed by atoms with E-state index in [9.17, 15) is 0 Å². The first-order valence-electron chi connectivity index (χ1n) is 6.97. The highest BCUT2D eigenvalue weighted by Gasteiger charge is 2.29. The minimum Gasteiger partial charge on any atom is -0.327 e. The number of likely N-dealkylation sites (tertiary alicyclic amines) is 1. The summed E-state index contributed by atoms with van der Waals surface area (Å²) in [6.07, 6.45) is 6.85. The molecule has 96 valence electrons. The molecule has 1 fully saturated rings. The Morgan fingerprint density at radius 1 is 1.31 bits per heavy atom. The van der Waals surface area contributed by atoms with Gasteiger partial charge in [-0.3, -0.25) is 4.90 Å². The molecule has 0 radical (unpaired) electrons. The van der Waals surface area contributed by atoms with Crippen molar-refractivity contribution in [2.24, 2.45) is 11.1 Å². The minimum absolute atomic E-state index is 0.234. The topological polar surface area (TPSA) is 29.3 Å². The molecule has 2 unspecified atom stereocenters. The first-order valence-corrected chi connectivity index (χ1v) is 6.97. The molecule has 0 saturated carbocycles. The smallest absolute Gasteiger partial charge is 0.00928 e. The Labute approximate surface area is 102 Å². The largest absolute Gasteiger partial charge is 0.327 e. The van der Waals surface area contributed by atoms with Crippen LogP contribution < -0.4 is 5.73 Å². The highest BCUT2D eigenvalue weighted by molar-refractivity contribution is 4.85. The van der Waals surface area contributed by atoms with E-state index in [-0.39, 0.29) is 11.5 Å². The number of nitrogens with zero attached hydrogens (tertiary/aromatic N) is 1. The van der Waals surface area contributed by atoms with Gasteiger partial charge in [0, 0.05) is 18.6 Å². The fourth-order valence-corrected chi connectivity index (χ4v) is 2.57. The molecule has 0 bridgehead atoms. The van der Waals surface area contributed by atoms with Crippen molar-refractivity contribution in [1.29, 1.82) is 0 Å². The lowest BCUT2D eigenvalue weighted by Crippen LogP contribution is -2.47. The van der Waals surface area contributed by atoms with E-state index in [4.69, 9.17) is 5.73 Å². The molecule has 1 rings (SSSR count). The maximum Gasteiger partial charge on any atom is 0.00928 e. The van der Waals surface area contributed by atoms with Crippen LogP contribution >= 0.6 is 0 Å². The second-order valence-electron chi connectivity index (χ2n) is 6.16. The van der Waals surface area contributed by atoms with E-state index in [1.807, 2.05) is 0 Å². The van der Waals surface area contributed by atoms with Gasteiger partial charge in [0.25, 0.3) is 0 Å². The molecule has 1 aliphatic rings. The van der Waals surface area contributed by atoms with Gasteiger partial charge in [-0.25, -0.2) is 0 Å². The van der Waals surface area contributed by atoms with Gasteiger partial charge in [-0.05, 0) is 38.1 Å². The van der Waals surface area contributed by atoms with E-state index in [1.54, 1.807) is 0 Å². The Morgan fingerprint density at radius 3 is 2.56 bits per heavy atom. The summed E-state index contributed by atoms with van der Waals surface area (Å²) >= 11 is 0. The van der Waals surface area contributed by atoms with Crippen LogP contribution in [0.25, 0.3) is 0 Å². The molecular weight excluding hydrogens is 196 g/mol. The first kappa shape index (κ1) is 14.0. The van der Waals surface area contributed by atoms with Crippen molar-refractivity contribution in [1.82, 2.24) is 4.90 Å². The van der Waals surface area contributed by atoms with Crippen molar-refractivity contribution in [2.45, 2.75) is 71.9 Å². The summed E-state index contributed by atoms with van der Waals surface area (Å²) in [5.41, 5.74) is 6.32. The fourth-order valence-electron chi connectivity index (χ4n) is 2.57. The summed E-state index contributed by atoms with van der Waals surface area (Å²) in [5, 5.41) is 0. The average Bonchev–Trinajstić information content (AvgIpc) is 2.42. The van der Waals surface area contributed by atoms with E-state index >= 15 is 0 Å². The molecule has 1 saturated heterocycles. The molecule has 2 heteroatoms. The van der Waals surface area contributed by atoms with Gasteiger partial charge in [0.2, 0.25) is 0 Å². The van der Waals surface area contributed by atoms with Gasteiger partial charge in [0.05, 0.1) is 0 Å². The van der Waals surface area contributed by atoms with Crippen LogP contribution in [0.3, 0.4) is 0 Å². The zero-order chi connectivity index (χ0) is 12.2. The number of hydrogen-bond acceptors (Lipinski definition) is 2. The van der Waals surface area contributed by atoms with E-state index < -0.39 is 0 Å². The summed E-state index contributed by atoms with van der Waals surface area (Å²) in [6.45, 7) is 11.5. The van der Waals surface area contributed by atoms with E-state index in [0.717, 1.165) is 12.6 Å². The zero-order valence-corrected chi connectivity index (χ0v) is 11.6. The molecule has 0 spiro atoms. The molecule has 2 N–H and O–H groups in total. The third kappa shape index (κ3) is 3.74. The maximum atomic E-state index is 6.09. The Hall–Kier alpha value is -0.0800. The Kier molecular flexibility index (Phi) is 5.26. The van der Waals surface area contributed by atoms with Crippen molar-refractivity contribution in [3.8, 4) is 0 Å². The van der Waals surface area contributed by atoms with Crippen molar-refractivity contribution in [3.63, 3.8) is 0 Å². The summed E-state index contributed by atoms with van der Waals surface area (Å²) in [6, 6.07) is 1.06. The van der Waals surface area contributed by atoms with Crippen LogP contribution in [0.2, 0.25) is 0 Å². The molecule has 0 aliphatic carbocycles. The van der Waals surface area contributed by atoms with Gasteiger partial charge in [-0.1, -0.05) is 33.6 Å². The molecule has 1 aliphatic heterocycles. The molecular formula is C14H30N2. The lowest BCUT2D eigenvalue weighted by atomic mass is 9.85. The molecule has 2 atom stereocenters. The first-order chi connectivity index (χ1) is 7.47. The molecule has 0 aromatic heterocycles. The second-order valence-corrected chi connectivity index (χ2v) is 6.16. The van der Waals surface area contributed by atoms with Gasteiger partial charge in [-0.2, -0.15) is 0 Å². The van der Waals surface area contributed by atoms with Crippen LogP contribution in [-0.2, 0) is 0 Å². The van der Waals surface area contributed by atoms with E-state index in [0.29, 0.717) is 0 Å². The third-order valence-corrected chi connectivity index (χ3v) is 4.31. The third-order valence-electron chi connectivity index (χ3n) is 4.31. The Balaban J connectivity index is 2.61. The van der Waals surface area contributed by atoms with Crippen LogP contribution in [0, 0.1) is 5.41 Å². The van der Waals surface area contributed by atoms with Crippen molar-refractivity contribution >= 4 is 0 Å². The SMILES string of the molecule is CCC1CCCCCN1CC(C)(C)C(C)N. The number of rotatable bonds is 4. The monoisotopic (exact) mass is 226 g/mol. The van der Waals surface area contributed by atoms with Crippen LogP contribution in [-0.4, -0.2) is 30.1 Å². The van der Waals surface area contributed by atoms with Gasteiger partial charge < -0.3 is 5.73 Å². The Bertz CT molecular complexity index is 199. The highest BCUT2D eigenvalue weighted by Crippen LogP contribution is 2.26. The zero-order valence-electron chi connectivity index (χ0n) is 11.6. The van der Waals surface area contributed by atoms with E-state index in [1.165, 1.54) is 38.6 Å². The molecule has 2 nitrogen and oxygen atoms in total.